The maximum Gasteiger partial charge on any atom is 0.416 e. The number of hydrogen-bond donors (Lipinski definition) is 2. The highest BCUT2D eigenvalue weighted by Gasteiger charge is 2.32. The van der Waals surface area contributed by atoms with Crippen LogP contribution in [-0.4, -0.2) is 81.2 Å². The fourth-order valence-corrected chi connectivity index (χ4v) is 6.23. The van der Waals surface area contributed by atoms with Crippen molar-refractivity contribution in [3.05, 3.63) is 92.6 Å². The Morgan fingerprint density at radius 1 is 1.06 bits per heavy atom. The Kier molecular flexibility index (Phi) is 10.9. The summed E-state index contributed by atoms with van der Waals surface area (Å²) < 4.78 is 47.6. The third-order valence-electron chi connectivity index (χ3n) is 8.61. The molecule has 0 unspecified atom stereocenters. The second-order valence-electron chi connectivity index (χ2n) is 12.0. The van der Waals surface area contributed by atoms with E-state index in [1.807, 2.05) is 36.4 Å². The van der Waals surface area contributed by atoms with E-state index in [0.29, 0.717) is 25.3 Å². The number of carbonyl (C=O) groups excluding carboxylic acids is 3. The summed E-state index contributed by atoms with van der Waals surface area (Å²) in [6.45, 7) is 2.83. The van der Waals surface area contributed by atoms with E-state index in [-0.39, 0.29) is 73.8 Å². The number of piperazine rings is 1. The number of hydrogen-bond acceptors (Lipinski definition) is 9. The Morgan fingerprint density at radius 3 is 2.46 bits per heavy atom. The Bertz CT molecular complexity index is 2080. The molecule has 0 aliphatic carbocycles. The van der Waals surface area contributed by atoms with Gasteiger partial charge in [0.25, 0.3) is 5.56 Å². The van der Waals surface area contributed by atoms with E-state index in [1.165, 1.54) is 9.47 Å². The number of nitrogens with zero attached hydrogens (tertiary/aromatic N) is 6. The molecule has 2 N–H and O–H groups in total. The number of benzene rings is 2. The van der Waals surface area contributed by atoms with Crippen molar-refractivity contribution in [1.82, 2.24) is 29.5 Å². The topological polar surface area (TPSA) is 152 Å². The van der Waals surface area contributed by atoms with Crippen LogP contribution in [-0.2, 0) is 49.7 Å². The quantitative estimate of drug-likeness (QED) is 0.194. The number of nitrogens with one attached hydrogen (secondary N) is 2. The highest BCUT2D eigenvalue weighted by Crippen LogP contribution is 2.34. The number of fused-ring (bicyclic) bond motifs is 1. The second kappa shape index (κ2) is 15.5. The van der Waals surface area contributed by atoms with Crippen LogP contribution in [0.5, 0.6) is 0 Å². The fraction of sp³-hybridized carbons (Fsp3) is 0.353. The van der Waals surface area contributed by atoms with E-state index in [1.54, 1.807) is 11.8 Å². The lowest BCUT2D eigenvalue weighted by Gasteiger charge is -2.36. The van der Waals surface area contributed by atoms with Gasteiger partial charge in [0.05, 0.1) is 41.8 Å². The van der Waals surface area contributed by atoms with E-state index in [2.05, 4.69) is 20.9 Å². The van der Waals surface area contributed by atoms with Crippen molar-refractivity contribution in [1.29, 1.82) is 0 Å². The number of ether oxygens (including phenoxy) is 1. The van der Waals surface area contributed by atoms with Crippen LogP contribution in [0.3, 0.4) is 0 Å². The molecule has 2 aliphatic heterocycles. The second-order valence-corrected chi connectivity index (χ2v) is 12.4. The first kappa shape index (κ1) is 36.5. The molecule has 14 nitrogen and oxygen atoms in total. The smallest absolute Gasteiger partial charge is 0.377 e. The van der Waals surface area contributed by atoms with E-state index >= 15 is 0 Å². The highest BCUT2D eigenvalue weighted by atomic mass is 35.5. The largest absolute Gasteiger partial charge is 0.416 e. The first-order valence-electron chi connectivity index (χ1n) is 16.4. The van der Waals surface area contributed by atoms with Gasteiger partial charge in [0.15, 0.2) is 5.82 Å². The Morgan fingerprint density at radius 2 is 1.81 bits per heavy atom. The van der Waals surface area contributed by atoms with E-state index in [9.17, 15) is 32.3 Å². The molecular formula is C34H34ClF3N8O6. The minimum Gasteiger partial charge on any atom is -0.377 e. The minimum atomic E-state index is -4.62. The first-order valence-corrected chi connectivity index (χ1v) is 16.8. The SMILES string of the molecule is CCc1c(N2CCN(C(=O)C(=O)NOCc3ccccc3)CC2)c(=O)n2nc(C3=CCOCC3)nc2n1CC(=O)Nc1ccc(C(F)(F)F)cc1Cl. The minimum absolute atomic E-state index is 0.0280. The lowest BCUT2D eigenvalue weighted by atomic mass is 10.1. The Balaban J connectivity index is 1.25. The molecule has 1 fully saturated rings. The maximum absolute atomic E-state index is 14.1. The number of carbonyl (C=O) groups is 3. The van der Waals surface area contributed by atoms with Gasteiger partial charge in [-0.1, -0.05) is 54.9 Å². The normalized spacial score (nSPS) is 15.1. The summed E-state index contributed by atoms with van der Waals surface area (Å²) in [7, 11) is 0. The molecule has 4 aromatic rings. The van der Waals surface area contributed by atoms with Crippen molar-refractivity contribution in [2.45, 2.75) is 39.1 Å². The fourth-order valence-electron chi connectivity index (χ4n) is 6.00. The molecule has 0 radical (unpaired) electrons. The molecule has 0 spiro atoms. The van der Waals surface area contributed by atoms with Gasteiger partial charge in [-0.25, -0.2) is 5.48 Å². The van der Waals surface area contributed by atoms with Gasteiger partial charge in [-0.2, -0.15) is 22.7 Å². The summed E-state index contributed by atoms with van der Waals surface area (Å²) in [5.41, 5.74) is 2.94. The molecule has 52 heavy (non-hydrogen) atoms. The maximum atomic E-state index is 14.1. The predicted octanol–water partition coefficient (Wildman–Crippen LogP) is 3.46. The van der Waals surface area contributed by atoms with Gasteiger partial charge in [0, 0.05) is 26.2 Å². The van der Waals surface area contributed by atoms with Crippen LogP contribution >= 0.6 is 11.6 Å². The standard InChI is InChI=1S/C34H34ClF3N8O6/c1-2-26-28(43-12-14-44(15-13-43)32(50)30(48)42-52-20-21-6-4-3-5-7-21)31(49)46-33(40-29(41-46)22-10-16-51-17-11-22)45(26)19-27(47)39-25-9-8-23(18-24(25)35)34(36,37)38/h3-10,18H,2,11-17,19-20H2,1H3,(H,39,47)(H,42,48). The monoisotopic (exact) mass is 742 g/mol. The zero-order chi connectivity index (χ0) is 37.0. The van der Waals surface area contributed by atoms with Gasteiger partial charge in [0.1, 0.15) is 12.2 Å². The first-order chi connectivity index (χ1) is 24.9. The number of aromatic nitrogens is 4. The summed E-state index contributed by atoms with van der Waals surface area (Å²) in [5, 5.41) is 6.77. The summed E-state index contributed by atoms with van der Waals surface area (Å²) in [6, 6.07) is 11.7. The van der Waals surface area contributed by atoms with E-state index in [4.69, 9.17) is 21.2 Å². The molecule has 4 heterocycles. The van der Waals surface area contributed by atoms with Crippen LogP contribution in [0.1, 0.15) is 36.0 Å². The van der Waals surface area contributed by atoms with Crippen molar-refractivity contribution >= 4 is 52.0 Å². The molecule has 3 amide bonds. The number of amides is 3. The van der Waals surface area contributed by atoms with E-state index < -0.39 is 35.0 Å². The number of hydroxylamine groups is 1. The van der Waals surface area contributed by atoms with Gasteiger partial charge in [-0.15, -0.1) is 5.10 Å². The number of rotatable bonds is 9. The van der Waals surface area contributed by atoms with Crippen molar-refractivity contribution in [2.75, 3.05) is 49.6 Å². The van der Waals surface area contributed by atoms with Crippen molar-refractivity contribution in [3.63, 3.8) is 0 Å². The zero-order valence-corrected chi connectivity index (χ0v) is 28.7. The molecule has 6 rings (SSSR count). The molecule has 0 bridgehead atoms. The average Bonchev–Trinajstić information content (AvgIpc) is 3.60. The van der Waals surface area contributed by atoms with Crippen LogP contribution in [0.4, 0.5) is 24.5 Å². The molecular weight excluding hydrogens is 709 g/mol. The zero-order valence-electron chi connectivity index (χ0n) is 27.9. The summed E-state index contributed by atoms with van der Waals surface area (Å²) in [5.74, 6) is -1.99. The third-order valence-corrected chi connectivity index (χ3v) is 8.92. The van der Waals surface area contributed by atoms with Crippen LogP contribution in [0.25, 0.3) is 11.4 Å². The van der Waals surface area contributed by atoms with Crippen molar-refractivity contribution in [3.8, 4) is 0 Å². The Labute approximate surface area is 299 Å². The van der Waals surface area contributed by atoms with Crippen LogP contribution in [0, 0.1) is 0 Å². The highest BCUT2D eigenvalue weighted by molar-refractivity contribution is 6.34. The van der Waals surface area contributed by atoms with E-state index in [0.717, 1.165) is 33.9 Å². The van der Waals surface area contributed by atoms with Gasteiger partial charge in [0.2, 0.25) is 11.7 Å². The van der Waals surface area contributed by atoms with Gasteiger partial charge in [-0.3, -0.25) is 24.0 Å². The molecule has 2 aliphatic rings. The van der Waals surface area contributed by atoms with Gasteiger partial charge < -0.3 is 24.4 Å². The molecule has 274 valence electrons. The summed E-state index contributed by atoms with van der Waals surface area (Å²) >= 11 is 6.10. The molecule has 0 saturated carbocycles. The number of anilines is 2. The van der Waals surface area contributed by atoms with Crippen molar-refractivity contribution in [2.24, 2.45) is 0 Å². The lowest BCUT2D eigenvalue weighted by molar-refractivity contribution is -0.153. The molecule has 1 saturated heterocycles. The van der Waals surface area contributed by atoms with Crippen LogP contribution in [0.15, 0.2) is 59.4 Å². The molecule has 2 aromatic carbocycles. The molecule has 18 heteroatoms. The summed E-state index contributed by atoms with van der Waals surface area (Å²) in [4.78, 5) is 66.1. The van der Waals surface area contributed by atoms with Gasteiger partial charge in [-0.05, 0) is 42.2 Å². The number of alkyl halides is 3. The molecule has 0 atom stereocenters. The van der Waals surface area contributed by atoms with Gasteiger partial charge >= 0.3 is 18.0 Å². The van der Waals surface area contributed by atoms with Crippen LogP contribution in [0.2, 0.25) is 5.02 Å². The Hall–Kier alpha value is -5.26. The average molecular weight is 743 g/mol. The molecule has 2 aromatic heterocycles. The van der Waals surface area contributed by atoms with Crippen LogP contribution < -0.4 is 21.3 Å². The predicted molar refractivity (Wildman–Crippen MR) is 183 cm³/mol. The summed E-state index contributed by atoms with van der Waals surface area (Å²) in [6.07, 6.45) is -2.03. The number of halogens is 4. The third kappa shape index (κ3) is 7.95. The van der Waals surface area contributed by atoms with Crippen molar-refractivity contribution < 1.29 is 37.1 Å². The lowest BCUT2D eigenvalue weighted by Crippen LogP contribution is -2.54.